The predicted molar refractivity (Wildman–Crippen MR) is 123 cm³/mol. The summed E-state index contributed by atoms with van der Waals surface area (Å²) in [6.07, 6.45) is 3.46. The second-order valence-electron chi connectivity index (χ2n) is 9.13. The van der Waals surface area contributed by atoms with Gasteiger partial charge >= 0.3 is 11.9 Å². The number of halogens is 4. The number of hydrogen-bond acceptors (Lipinski definition) is 5. The highest BCUT2D eigenvalue weighted by atomic mass is 19.4. The Hall–Kier alpha value is -4.29. The fourth-order valence-electron chi connectivity index (χ4n) is 4.60. The summed E-state index contributed by atoms with van der Waals surface area (Å²) in [4.78, 5) is 34.8. The van der Waals surface area contributed by atoms with Crippen LogP contribution in [-0.4, -0.2) is 52.8 Å². The van der Waals surface area contributed by atoms with Crippen LogP contribution in [0.5, 0.6) is 0 Å². The van der Waals surface area contributed by atoms with Crippen molar-refractivity contribution in [2.45, 2.75) is 31.1 Å². The van der Waals surface area contributed by atoms with Gasteiger partial charge in [-0.25, -0.2) is 23.7 Å². The summed E-state index contributed by atoms with van der Waals surface area (Å²) < 4.78 is 57.0. The smallest absolute Gasteiger partial charge is 0.332 e. The lowest BCUT2D eigenvalue weighted by Gasteiger charge is -2.39. The number of carbonyl (C=O) groups is 1. The molecule has 6 rings (SSSR count). The molecule has 13 heteroatoms. The minimum absolute atomic E-state index is 0.0573. The number of carbonyl (C=O) groups excluding carboxylic acids is 1. The first kappa shape index (κ1) is 23.1. The zero-order chi connectivity index (χ0) is 26.1. The van der Waals surface area contributed by atoms with Gasteiger partial charge < -0.3 is 4.90 Å². The molecule has 9 nitrogen and oxygen atoms in total. The first-order valence-electron chi connectivity index (χ1n) is 11.5. The summed E-state index contributed by atoms with van der Waals surface area (Å²) in [6, 6.07) is 3.50. The van der Waals surface area contributed by atoms with Gasteiger partial charge in [0.25, 0.3) is 5.91 Å². The van der Waals surface area contributed by atoms with E-state index in [4.69, 9.17) is 0 Å². The number of fused-ring (bicyclic) bond motifs is 1. The lowest BCUT2D eigenvalue weighted by molar-refractivity contribution is -0.141. The van der Waals surface area contributed by atoms with Gasteiger partial charge in [-0.3, -0.25) is 14.0 Å². The van der Waals surface area contributed by atoms with E-state index in [9.17, 15) is 27.2 Å². The van der Waals surface area contributed by atoms with Crippen molar-refractivity contribution in [3.05, 3.63) is 71.6 Å². The van der Waals surface area contributed by atoms with Crippen molar-refractivity contribution >= 4 is 17.1 Å². The topological polar surface area (TPSA) is 90.8 Å². The van der Waals surface area contributed by atoms with Crippen LogP contribution in [0, 0.1) is 0 Å². The molecule has 0 bridgehead atoms. The maximum Gasteiger partial charge on any atom is 0.433 e. The van der Waals surface area contributed by atoms with Gasteiger partial charge in [0.15, 0.2) is 11.5 Å². The number of alkyl halides is 3. The van der Waals surface area contributed by atoms with Gasteiger partial charge in [-0.1, -0.05) is 6.58 Å². The number of nitrogens with zero attached hydrogens (tertiary/aromatic N) is 7. The zero-order valence-electron chi connectivity index (χ0n) is 19.2. The number of likely N-dealkylation sites (tertiary alicyclic amines) is 1. The van der Waals surface area contributed by atoms with E-state index in [-0.39, 0.29) is 24.4 Å². The molecular formula is C24H19F4N7O2. The summed E-state index contributed by atoms with van der Waals surface area (Å²) in [5.41, 5.74) is 0.467. The first-order chi connectivity index (χ1) is 17.6. The Balaban J connectivity index is 1.51. The van der Waals surface area contributed by atoms with Crippen molar-refractivity contribution in [1.29, 1.82) is 0 Å². The Labute approximate surface area is 206 Å². The highest BCUT2D eigenvalue weighted by Gasteiger charge is 2.37. The van der Waals surface area contributed by atoms with Gasteiger partial charge in [0.2, 0.25) is 0 Å². The van der Waals surface area contributed by atoms with E-state index in [0.29, 0.717) is 17.1 Å². The number of hydrogen-bond donors (Lipinski definition) is 0. The average molecular weight is 513 g/mol. The van der Waals surface area contributed by atoms with Crippen LogP contribution in [0.4, 0.5) is 17.6 Å². The molecule has 1 aliphatic heterocycles. The number of imidazole rings is 1. The molecule has 1 saturated carbocycles. The Bertz CT molecular complexity index is 1610. The van der Waals surface area contributed by atoms with Crippen molar-refractivity contribution in [1.82, 2.24) is 33.8 Å². The fraction of sp³-hybridized carbons (Fsp3) is 0.292. The molecular weight excluding hydrogens is 494 g/mol. The van der Waals surface area contributed by atoms with E-state index >= 15 is 0 Å². The Kier molecular flexibility index (Phi) is 5.07. The van der Waals surface area contributed by atoms with E-state index in [0.717, 1.165) is 36.7 Å². The van der Waals surface area contributed by atoms with E-state index in [2.05, 4.69) is 21.6 Å². The minimum Gasteiger partial charge on any atom is -0.332 e. The third kappa shape index (κ3) is 3.81. The SMILES string of the molecule is C=C(F)C(=O)N1CC(n2c(=O)n(-c3ccc(C(F)(F)F)nc3)c3nccc(-c4cnn(C5CC5)c4)c32)C1. The molecule has 1 saturated heterocycles. The fourth-order valence-corrected chi connectivity index (χ4v) is 4.60. The standard InChI is InChI=1S/C24H19F4N7O2/c1-13(25)22(36)32-11-17(12-32)34-20-18(14-8-31-33(10-14)15-2-3-15)6-7-29-21(20)35(23(34)37)16-4-5-19(30-9-16)24(26,27)28/h4-10,15,17H,1-3,11-12H2. The lowest BCUT2D eigenvalue weighted by atomic mass is 10.1. The van der Waals surface area contributed by atoms with E-state index in [1.54, 1.807) is 12.3 Å². The molecule has 1 aliphatic carbocycles. The third-order valence-electron chi connectivity index (χ3n) is 6.63. The van der Waals surface area contributed by atoms with Crippen molar-refractivity contribution < 1.29 is 22.4 Å². The molecule has 0 aromatic carbocycles. The van der Waals surface area contributed by atoms with Crippen LogP contribution in [0.1, 0.15) is 30.6 Å². The second kappa shape index (κ2) is 8.11. The van der Waals surface area contributed by atoms with E-state index < -0.39 is 35.3 Å². The number of rotatable bonds is 5. The maximum absolute atomic E-state index is 13.7. The molecule has 0 N–H and O–H groups in total. The number of amides is 1. The van der Waals surface area contributed by atoms with Crippen molar-refractivity contribution in [2.24, 2.45) is 0 Å². The molecule has 0 spiro atoms. The van der Waals surface area contributed by atoms with Crippen LogP contribution in [0.25, 0.3) is 28.0 Å². The predicted octanol–water partition coefficient (Wildman–Crippen LogP) is 3.67. The second-order valence-corrected chi connectivity index (χ2v) is 9.13. The largest absolute Gasteiger partial charge is 0.433 e. The van der Waals surface area contributed by atoms with E-state index in [1.807, 2.05) is 10.9 Å². The van der Waals surface area contributed by atoms with Gasteiger partial charge in [0.05, 0.1) is 35.7 Å². The normalized spacial score (nSPS) is 16.3. The van der Waals surface area contributed by atoms with Crippen LogP contribution >= 0.6 is 0 Å². The Morgan fingerprint density at radius 2 is 1.81 bits per heavy atom. The van der Waals surface area contributed by atoms with Gasteiger partial charge in [-0.05, 0) is 31.0 Å². The van der Waals surface area contributed by atoms with E-state index in [1.165, 1.54) is 20.2 Å². The average Bonchev–Trinajstić information content (AvgIpc) is 3.49. The summed E-state index contributed by atoms with van der Waals surface area (Å²) in [6.45, 7) is 3.14. The highest BCUT2D eigenvalue weighted by Crippen LogP contribution is 2.37. The minimum atomic E-state index is -4.63. The van der Waals surface area contributed by atoms with Crippen LogP contribution in [0.2, 0.25) is 0 Å². The zero-order valence-corrected chi connectivity index (χ0v) is 19.2. The monoisotopic (exact) mass is 513 g/mol. The molecule has 0 unspecified atom stereocenters. The summed E-state index contributed by atoms with van der Waals surface area (Å²) in [7, 11) is 0. The number of aromatic nitrogens is 6. The highest BCUT2D eigenvalue weighted by molar-refractivity contribution is 5.92. The van der Waals surface area contributed by atoms with Gasteiger partial charge in [0, 0.05) is 36.6 Å². The summed E-state index contributed by atoms with van der Waals surface area (Å²) in [5, 5.41) is 4.43. The Morgan fingerprint density at radius 1 is 1.05 bits per heavy atom. The van der Waals surface area contributed by atoms with Crippen LogP contribution in [0.3, 0.4) is 0 Å². The van der Waals surface area contributed by atoms with Crippen molar-refractivity contribution in [3.8, 4) is 16.8 Å². The van der Waals surface area contributed by atoms with Crippen LogP contribution in [0.15, 0.2) is 60.2 Å². The molecule has 2 aliphatic rings. The molecule has 37 heavy (non-hydrogen) atoms. The third-order valence-corrected chi connectivity index (χ3v) is 6.63. The maximum atomic E-state index is 13.7. The van der Waals surface area contributed by atoms with Gasteiger partial charge in [-0.15, -0.1) is 0 Å². The summed E-state index contributed by atoms with van der Waals surface area (Å²) in [5.74, 6) is -1.96. The molecule has 0 radical (unpaired) electrons. The van der Waals surface area contributed by atoms with Crippen molar-refractivity contribution in [3.63, 3.8) is 0 Å². The quantitative estimate of drug-likeness (QED) is 0.300. The molecule has 4 aromatic rings. The van der Waals surface area contributed by atoms with Gasteiger partial charge in [0.1, 0.15) is 5.69 Å². The van der Waals surface area contributed by atoms with Crippen molar-refractivity contribution in [2.75, 3.05) is 13.1 Å². The van der Waals surface area contributed by atoms with Crippen LogP contribution in [-0.2, 0) is 11.0 Å². The summed E-state index contributed by atoms with van der Waals surface area (Å²) >= 11 is 0. The molecule has 0 atom stereocenters. The molecule has 190 valence electrons. The molecule has 2 fully saturated rings. The van der Waals surface area contributed by atoms with Gasteiger partial charge in [-0.2, -0.15) is 18.3 Å². The molecule has 1 amide bonds. The van der Waals surface area contributed by atoms with Crippen LogP contribution < -0.4 is 5.69 Å². The molecule has 5 heterocycles. The first-order valence-corrected chi connectivity index (χ1v) is 11.5. The Morgan fingerprint density at radius 3 is 2.43 bits per heavy atom. The number of pyridine rings is 2. The lowest BCUT2D eigenvalue weighted by Crippen LogP contribution is -2.52. The molecule has 4 aromatic heterocycles.